The summed E-state index contributed by atoms with van der Waals surface area (Å²) in [6, 6.07) is 9.56. The van der Waals surface area contributed by atoms with Crippen LogP contribution < -0.4 is 25.2 Å². The lowest BCUT2D eigenvalue weighted by Crippen LogP contribution is -2.36. The first-order valence-electron chi connectivity index (χ1n) is 13.9. The average molecular weight is 619 g/mol. The number of nitrogens with zero attached hydrogens (tertiary/aromatic N) is 3. The number of carbonyl (C=O) groups excluding carboxylic acids is 2. The molecule has 2 fully saturated rings. The molecule has 0 radical (unpaired) electrons. The van der Waals surface area contributed by atoms with Gasteiger partial charge in [-0.2, -0.15) is 8.78 Å². The maximum Gasteiger partial charge on any atom is 0.387 e. The van der Waals surface area contributed by atoms with Crippen molar-refractivity contribution in [3.8, 4) is 11.5 Å². The number of aromatic nitrogens is 1. The molecule has 44 heavy (non-hydrogen) atoms. The molecule has 2 unspecified atom stereocenters. The summed E-state index contributed by atoms with van der Waals surface area (Å²) in [5, 5.41) is 2.41. The van der Waals surface area contributed by atoms with Crippen LogP contribution >= 0.6 is 0 Å². The Labute approximate surface area is 252 Å². The van der Waals surface area contributed by atoms with Crippen LogP contribution in [0.25, 0.3) is 0 Å². The molecule has 3 aromatic rings. The van der Waals surface area contributed by atoms with Crippen molar-refractivity contribution >= 4 is 17.5 Å². The summed E-state index contributed by atoms with van der Waals surface area (Å²) in [6.45, 7) is 0.657. The van der Waals surface area contributed by atoms with Gasteiger partial charge in [-0.15, -0.1) is 0 Å². The fraction of sp³-hybridized carbons (Fsp3) is 0.387. The number of ether oxygens (including phenoxy) is 2. The predicted octanol–water partition coefficient (Wildman–Crippen LogP) is 4.49. The Hall–Kier alpha value is -4.39. The van der Waals surface area contributed by atoms with Gasteiger partial charge >= 0.3 is 6.61 Å². The first kappa shape index (κ1) is 32.5. The SMILES string of the molecule is CNC(=O)c1ccc(OC(F)F)cc1.COc1cc(F)c(C2CC(=O)N(c3c(C)ccn(C4CCN(C)C4)c3=O)C2)c(F)c1. The van der Waals surface area contributed by atoms with Gasteiger partial charge in [0.05, 0.1) is 13.2 Å². The van der Waals surface area contributed by atoms with Crippen LogP contribution in [0.5, 0.6) is 11.5 Å². The van der Waals surface area contributed by atoms with Crippen LogP contribution in [-0.2, 0) is 4.79 Å². The van der Waals surface area contributed by atoms with Gasteiger partial charge in [-0.1, -0.05) is 0 Å². The monoisotopic (exact) mass is 618 g/mol. The Morgan fingerprint density at radius 1 is 1.02 bits per heavy atom. The molecule has 1 N–H and O–H groups in total. The summed E-state index contributed by atoms with van der Waals surface area (Å²) < 4.78 is 63.3. The predicted molar refractivity (Wildman–Crippen MR) is 156 cm³/mol. The Morgan fingerprint density at radius 2 is 1.68 bits per heavy atom. The number of rotatable bonds is 7. The number of hydrogen-bond acceptors (Lipinski definition) is 6. The maximum atomic E-state index is 14.5. The zero-order valence-electron chi connectivity index (χ0n) is 24.8. The van der Waals surface area contributed by atoms with Gasteiger partial charge in [0.1, 0.15) is 28.8 Å². The smallest absolute Gasteiger partial charge is 0.387 e. The minimum absolute atomic E-state index is 0.0349. The molecule has 2 aliphatic rings. The number of nitrogens with one attached hydrogen (secondary N) is 1. The fourth-order valence-corrected chi connectivity index (χ4v) is 5.50. The Balaban J connectivity index is 0.000000265. The molecule has 5 rings (SSSR count). The highest BCUT2D eigenvalue weighted by Crippen LogP contribution is 2.36. The molecule has 1 aromatic heterocycles. The van der Waals surface area contributed by atoms with E-state index in [9.17, 15) is 31.9 Å². The third-order valence-electron chi connectivity index (χ3n) is 7.72. The zero-order valence-corrected chi connectivity index (χ0v) is 24.8. The van der Waals surface area contributed by atoms with E-state index in [0.717, 1.165) is 31.6 Å². The standard InChI is InChI=1S/C22H25F2N3O3.C9H9F2NO2/c1-13-4-7-26(15-5-6-25(2)12-15)22(29)21(13)27-11-14(8-19(27)28)20-17(23)9-16(30-3)10-18(20)24;1-12-8(13)6-2-4-7(5-3-6)14-9(10)11/h4,7,9-10,14-15H,5-6,8,11-12H2,1-3H3;2-5,9H,1H3,(H,12,13). The van der Waals surface area contributed by atoms with Gasteiger partial charge in [0.2, 0.25) is 5.91 Å². The first-order chi connectivity index (χ1) is 20.9. The number of anilines is 1. The highest BCUT2D eigenvalue weighted by atomic mass is 19.3. The number of pyridine rings is 1. The normalized spacial score (nSPS) is 18.3. The van der Waals surface area contributed by atoms with Gasteiger partial charge in [-0.3, -0.25) is 14.4 Å². The Morgan fingerprint density at radius 3 is 2.23 bits per heavy atom. The third-order valence-corrected chi connectivity index (χ3v) is 7.72. The first-order valence-corrected chi connectivity index (χ1v) is 13.9. The zero-order chi connectivity index (χ0) is 32.1. The van der Waals surface area contributed by atoms with Crippen molar-refractivity contribution in [2.45, 2.75) is 38.3 Å². The summed E-state index contributed by atoms with van der Waals surface area (Å²) in [7, 11) is 4.83. The minimum atomic E-state index is -2.85. The van der Waals surface area contributed by atoms with E-state index in [2.05, 4.69) is 15.0 Å². The number of methoxy groups -OCH3 is 1. The summed E-state index contributed by atoms with van der Waals surface area (Å²) >= 11 is 0. The quantitative estimate of drug-likeness (QED) is 0.393. The van der Waals surface area contributed by atoms with Crippen LogP contribution in [0.4, 0.5) is 23.2 Å². The van der Waals surface area contributed by atoms with Crippen molar-refractivity contribution in [3.63, 3.8) is 0 Å². The molecule has 0 saturated carbocycles. The number of amides is 2. The van der Waals surface area contributed by atoms with E-state index in [0.29, 0.717) is 16.8 Å². The number of carbonyl (C=O) groups is 2. The average Bonchev–Trinajstić information content (AvgIpc) is 3.57. The molecule has 2 aromatic carbocycles. The Kier molecular flexibility index (Phi) is 10.3. The van der Waals surface area contributed by atoms with E-state index in [1.807, 2.05) is 13.1 Å². The molecular weight excluding hydrogens is 584 g/mol. The highest BCUT2D eigenvalue weighted by molar-refractivity contribution is 5.97. The number of aryl methyl sites for hydroxylation is 1. The number of hydrogen-bond donors (Lipinski definition) is 1. The van der Waals surface area contributed by atoms with E-state index < -0.39 is 24.2 Å². The second-order valence-corrected chi connectivity index (χ2v) is 10.7. The molecule has 9 nitrogen and oxygen atoms in total. The summed E-state index contributed by atoms with van der Waals surface area (Å²) in [5.41, 5.74) is 0.994. The van der Waals surface area contributed by atoms with E-state index in [-0.39, 0.29) is 53.4 Å². The lowest BCUT2D eigenvalue weighted by Gasteiger charge is -2.22. The lowest BCUT2D eigenvalue weighted by molar-refractivity contribution is -0.117. The lowest BCUT2D eigenvalue weighted by atomic mass is 9.97. The molecular formula is C31H34F4N4O5. The minimum Gasteiger partial charge on any atom is -0.497 e. The van der Waals surface area contributed by atoms with Crippen molar-refractivity contribution in [1.29, 1.82) is 0 Å². The van der Waals surface area contributed by atoms with Gasteiger partial charge in [0.25, 0.3) is 11.5 Å². The molecule has 2 amide bonds. The number of likely N-dealkylation sites (N-methyl/N-ethyl adjacent to an activating group) is 1. The van der Waals surface area contributed by atoms with Crippen LogP contribution in [-0.4, -0.2) is 68.7 Å². The molecule has 2 atom stereocenters. The molecule has 236 valence electrons. The summed E-state index contributed by atoms with van der Waals surface area (Å²) in [5.74, 6) is -2.63. The molecule has 0 spiro atoms. The van der Waals surface area contributed by atoms with Crippen molar-refractivity contribution in [2.75, 3.05) is 45.7 Å². The van der Waals surface area contributed by atoms with Crippen LogP contribution in [0.2, 0.25) is 0 Å². The molecule has 2 saturated heterocycles. The molecule has 3 heterocycles. The maximum absolute atomic E-state index is 14.5. The molecule has 0 aliphatic carbocycles. The van der Waals surface area contributed by atoms with Crippen LogP contribution in [0.15, 0.2) is 53.5 Å². The van der Waals surface area contributed by atoms with E-state index >= 15 is 0 Å². The third kappa shape index (κ3) is 7.21. The fourth-order valence-electron chi connectivity index (χ4n) is 5.50. The summed E-state index contributed by atoms with van der Waals surface area (Å²) in [6.07, 6.45) is 2.57. The van der Waals surface area contributed by atoms with Crippen molar-refractivity contribution in [3.05, 3.63) is 87.3 Å². The number of likely N-dealkylation sites (tertiary alicyclic amines) is 1. The largest absolute Gasteiger partial charge is 0.497 e. The topological polar surface area (TPSA) is 93.1 Å². The van der Waals surface area contributed by atoms with Crippen molar-refractivity contribution < 1.29 is 36.6 Å². The van der Waals surface area contributed by atoms with Gasteiger partial charge in [0.15, 0.2) is 0 Å². The molecule has 13 heteroatoms. The second kappa shape index (κ2) is 13.9. The van der Waals surface area contributed by atoms with Gasteiger partial charge in [-0.05, 0) is 62.8 Å². The number of alkyl halides is 2. The number of benzene rings is 2. The van der Waals surface area contributed by atoms with Crippen LogP contribution in [0.3, 0.4) is 0 Å². The second-order valence-electron chi connectivity index (χ2n) is 10.7. The number of halogens is 4. The van der Waals surface area contributed by atoms with Crippen molar-refractivity contribution in [2.24, 2.45) is 0 Å². The van der Waals surface area contributed by atoms with E-state index in [4.69, 9.17) is 4.74 Å². The van der Waals surface area contributed by atoms with Gasteiger partial charge in [0, 0.05) is 61.9 Å². The van der Waals surface area contributed by atoms with Gasteiger partial charge < -0.3 is 29.2 Å². The van der Waals surface area contributed by atoms with Crippen molar-refractivity contribution in [1.82, 2.24) is 14.8 Å². The van der Waals surface area contributed by atoms with Gasteiger partial charge in [-0.25, -0.2) is 8.78 Å². The van der Waals surface area contributed by atoms with E-state index in [1.165, 1.54) is 43.3 Å². The Bertz CT molecular complexity index is 1540. The molecule has 2 aliphatic heterocycles. The van der Waals surface area contributed by atoms with E-state index in [1.54, 1.807) is 17.7 Å². The highest BCUT2D eigenvalue weighted by Gasteiger charge is 2.37. The van der Waals surface area contributed by atoms with Crippen LogP contribution in [0, 0.1) is 18.6 Å². The summed E-state index contributed by atoms with van der Waals surface area (Å²) in [4.78, 5) is 40.6. The molecule has 0 bridgehead atoms. The van der Waals surface area contributed by atoms with Crippen LogP contribution in [0.1, 0.15) is 46.3 Å².